The summed E-state index contributed by atoms with van der Waals surface area (Å²) in [5.74, 6) is 0. The molecule has 3 rings (SSSR count). The Balaban J connectivity index is 1.72. The summed E-state index contributed by atoms with van der Waals surface area (Å²) in [6, 6.07) is 4.29. The lowest BCUT2D eigenvalue weighted by Crippen LogP contribution is -2.05. The van der Waals surface area contributed by atoms with E-state index in [9.17, 15) is 5.11 Å². The summed E-state index contributed by atoms with van der Waals surface area (Å²) in [6.45, 7) is 1.01. The minimum Gasteiger partial charge on any atom is -0.388 e. The molecular formula is C14H17NOS. The van der Waals surface area contributed by atoms with Crippen LogP contribution in [-0.2, 0) is 19.4 Å². The molecule has 0 bridgehead atoms. The predicted molar refractivity (Wildman–Crippen MR) is 70.4 cm³/mol. The highest BCUT2D eigenvalue weighted by Crippen LogP contribution is 2.30. The monoisotopic (exact) mass is 247 g/mol. The summed E-state index contributed by atoms with van der Waals surface area (Å²) in [7, 11) is 0. The van der Waals surface area contributed by atoms with E-state index in [1.54, 1.807) is 0 Å². The Morgan fingerprint density at radius 3 is 3.12 bits per heavy atom. The lowest BCUT2D eigenvalue weighted by Gasteiger charge is -2.16. The number of aryl methyl sites for hydroxylation is 3. The first kappa shape index (κ1) is 11.1. The number of aliphatic hydroxyl groups excluding tert-OH is 1. The van der Waals surface area contributed by atoms with Gasteiger partial charge in [-0.25, -0.2) is 0 Å². The van der Waals surface area contributed by atoms with Crippen LogP contribution in [0.1, 0.15) is 34.9 Å². The molecule has 1 aliphatic rings. The minimum absolute atomic E-state index is 0.235. The van der Waals surface area contributed by atoms with Crippen molar-refractivity contribution < 1.29 is 5.11 Å². The fraction of sp³-hybridized carbons (Fsp3) is 0.429. The standard InChI is InChI=1S/C14H17NOS/c16-14-5-1-3-11-9-15(10-13(11)14)7-6-12-4-2-8-17-12/h2,4,8-10,14,16H,1,3,5-7H2. The van der Waals surface area contributed by atoms with Crippen LogP contribution in [0.2, 0.25) is 0 Å². The van der Waals surface area contributed by atoms with E-state index in [1.807, 2.05) is 11.3 Å². The highest BCUT2D eigenvalue weighted by molar-refractivity contribution is 7.09. The molecule has 2 heterocycles. The quantitative estimate of drug-likeness (QED) is 0.885. The Bertz CT molecular complexity index is 486. The molecule has 1 atom stereocenters. The number of aliphatic hydroxyl groups is 1. The molecule has 0 saturated carbocycles. The van der Waals surface area contributed by atoms with Crippen LogP contribution in [0, 0.1) is 0 Å². The molecule has 0 fully saturated rings. The van der Waals surface area contributed by atoms with Gasteiger partial charge in [0.25, 0.3) is 0 Å². The summed E-state index contributed by atoms with van der Waals surface area (Å²) < 4.78 is 2.24. The van der Waals surface area contributed by atoms with Gasteiger partial charge in [-0.15, -0.1) is 11.3 Å². The number of nitrogens with zero attached hydrogens (tertiary/aromatic N) is 1. The molecule has 0 saturated heterocycles. The van der Waals surface area contributed by atoms with Gasteiger partial charge in [0.1, 0.15) is 0 Å². The Labute approximate surface area is 106 Å². The predicted octanol–water partition coefficient (Wildman–Crippen LogP) is 3.16. The molecule has 17 heavy (non-hydrogen) atoms. The third-order valence-corrected chi connectivity index (χ3v) is 4.41. The van der Waals surface area contributed by atoms with Gasteiger partial charge in [-0.2, -0.15) is 0 Å². The zero-order valence-corrected chi connectivity index (χ0v) is 10.6. The highest BCUT2D eigenvalue weighted by Gasteiger charge is 2.19. The van der Waals surface area contributed by atoms with E-state index in [2.05, 4.69) is 34.5 Å². The number of hydrogen-bond donors (Lipinski definition) is 1. The minimum atomic E-state index is -0.235. The molecule has 0 aromatic carbocycles. The molecule has 1 N–H and O–H groups in total. The van der Waals surface area contributed by atoms with Gasteiger partial charge in [-0.05, 0) is 42.7 Å². The van der Waals surface area contributed by atoms with Crippen LogP contribution in [0.5, 0.6) is 0 Å². The number of thiophene rings is 1. The lowest BCUT2D eigenvalue weighted by atomic mass is 9.93. The summed E-state index contributed by atoms with van der Waals surface area (Å²) in [4.78, 5) is 1.43. The van der Waals surface area contributed by atoms with E-state index in [-0.39, 0.29) is 6.10 Å². The topological polar surface area (TPSA) is 25.2 Å². The van der Waals surface area contributed by atoms with E-state index in [1.165, 1.54) is 10.4 Å². The first-order valence-electron chi connectivity index (χ1n) is 6.22. The molecule has 0 amide bonds. The van der Waals surface area contributed by atoms with Gasteiger partial charge in [0, 0.05) is 29.4 Å². The summed E-state index contributed by atoms with van der Waals surface area (Å²) in [5.41, 5.74) is 2.50. The molecule has 0 aliphatic heterocycles. The highest BCUT2D eigenvalue weighted by atomic mass is 32.1. The Kier molecular flexibility index (Phi) is 3.04. The Morgan fingerprint density at radius 2 is 2.35 bits per heavy atom. The van der Waals surface area contributed by atoms with Crippen LogP contribution in [0.15, 0.2) is 29.9 Å². The molecule has 2 aromatic heterocycles. The van der Waals surface area contributed by atoms with Crippen LogP contribution in [0.4, 0.5) is 0 Å². The normalized spacial score (nSPS) is 19.2. The van der Waals surface area contributed by atoms with Gasteiger partial charge < -0.3 is 9.67 Å². The van der Waals surface area contributed by atoms with Crippen molar-refractivity contribution in [1.82, 2.24) is 4.57 Å². The smallest absolute Gasteiger partial charge is 0.0807 e. The first-order chi connectivity index (χ1) is 8.33. The molecule has 90 valence electrons. The van der Waals surface area contributed by atoms with E-state index >= 15 is 0 Å². The van der Waals surface area contributed by atoms with Crippen molar-refractivity contribution in [3.63, 3.8) is 0 Å². The van der Waals surface area contributed by atoms with Crippen LogP contribution in [0.25, 0.3) is 0 Å². The van der Waals surface area contributed by atoms with Crippen molar-refractivity contribution >= 4 is 11.3 Å². The summed E-state index contributed by atoms with van der Waals surface area (Å²) >= 11 is 1.81. The Hall–Kier alpha value is -1.06. The average molecular weight is 247 g/mol. The lowest BCUT2D eigenvalue weighted by molar-refractivity contribution is 0.157. The first-order valence-corrected chi connectivity index (χ1v) is 7.10. The van der Waals surface area contributed by atoms with E-state index in [4.69, 9.17) is 0 Å². The maximum Gasteiger partial charge on any atom is 0.0807 e. The molecule has 1 aliphatic carbocycles. The summed E-state index contributed by atoms with van der Waals surface area (Å²) in [6.07, 6.45) is 8.35. The van der Waals surface area contributed by atoms with Crippen molar-refractivity contribution in [3.05, 3.63) is 45.9 Å². The van der Waals surface area contributed by atoms with Crippen LogP contribution < -0.4 is 0 Å². The third-order valence-electron chi connectivity index (χ3n) is 3.48. The maximum absolute atomic E-state index is 9.92. The number of rotatable bonds is 3. The van der Waals surface area contributed by atoms with Crippen LogP contribution in [0.3, 0.4) is 0 Å². The van der Waals surface area contributed by atoms with Gasteiger partial charge in [0.2, 0.25) is 0 Å². The second-order valence-electron chi connectivity index (χ2n) is 4.71. The third kappa shape index (κ3) is 2.31. The van der Waals surface area contributed by atoms with Crippen molar-refractivity contribution in [2.75, 3.05) is 0 Å². The van der Waals surface area contributed by atoms with Gasteiger partial charge in [0.05, 0.1) is 6.10 Å². The molecule has 3 heteroatoms. The van der Waals surface area contributed by atoms with Gasteiger partial charge in [-0.1, -0.05) is 6.07 Å². The summed E-state index contributed by atoms with van der Waals surface area (Å²) in [5, 5.41) is 12.0. The van der Waals surface area contributed by atoms with Gasteiger partial charge in [-0.3, -0.25) is 0 Å². The van der Waals surface area contributed by atoms with E-state index in [0.29, 0.717) is 0 Å². The van der Waals surface area contributed by atoms with Gasteiger partial charge in [0.15, 0.2) is 0 Å². The number of hydrogen-bond acceptors (Lipinski definition) is 2. The molecule has 2 aromatic rings. The van der Waals surface area contributed by atoms with Crippen molar-refractivity contribution in [1.29, 1.82) is 0 Å². The fourth-order valence-electron chi connectivity index (χ4n) is 2.55. The Morgan fingerprint density at radius 1 is 1.41 bits per heavy atom. The molecule has 0 spiro atoms. The SMILES string of the molecule is OC1CCCc2cn(CCc3cccs3)cc21. The zero-order chi connectivity index (χ0) is 11.7. The zero-order valence-electron chi connectivity index (χ0n) is 9.80. The van der Waals surface area contributed by atoms with E-state index in [0.717, 1.165) is 37.8 Å². The number of aromatic nitrogens is 1. The molecule has 0 radical (unpaired) electrons. The molecule has 1 unspecified atom stereocenters. The maximum atomic E-state index is 9.92. The fourth-order valence-corrected chi connectivity index (χ4v) is 3.25. The van der Waals surface area contributed by atoms with Crippen LogP contribution in [-0.4, -0.2) is 9.67 Å². The second-order valence-corrected chi connectivity index (χ2v) is 5.75. The van der Waals surface area contributed by atoms with Crippen LogP contribution >= 0.6 is 11.3 Å². The molecular weight excluding hydrogens is 230 g/mol. The largest absolute Gasteiger partial charge is 0.388 e. The average Bonchev–Trinajstić information content (AvgIpc) is 2.95. The van der Waals surface area contributed by atoms with E-state index < -0.39 is 0 Å². The van der Waals surface area contributed by atoms with Crippen molar-refractivity contribution in [2.45, 2.75) is 38.3 Å². The van der Waals surface area contributed by atoms with Crippen molar-refractivity contribution in [3.8, 4) is 0 Å². The van der Waals surface area contributed by atoms with Gasteiger partial charge >= 0.3 is 0 Å². The molecule has 2 nitrogen and oxygen atoms in total. The number of fused-ring (bicyclic) bond motifs is 1. The second kappa shape index (κ2) is 4.67. The van der Waals surface area contributed by atoms with Crippen molar-refractivity contribution in [2.24, 2.45) is 0 Å².